The molecule has 1 saturated carbocycles. The number of benzene rings is 1. The first-order valence-electron chi connectivity index (χ1n) is 10.2. The van der Waals surface area contributed by atoms with Gasteiger partial charge in [0.2, 0.25) is 0 Å². The van der Waals surface area contributed by atoms with Crippen molar-refractivity contribution in [3.05, 3.63) is 30.1 Å². The Bertz CT molecular complexity index is 781. The SMILES string of the molecule is CN=C(NCc1nc(-c2ccc(OC)cc2)n[nH]1)NCC1(CCOC)CCCC1. The third-order valence-electron chi connectivity index (χ3n) is 5.66. The molecule has 1 heterocycles. The van der Waals surface area contributed by atoms with Gasteiger partial charge in [-0.05, 0) is 48.9 Å². The van der Waals surface area contributed by atoms with Gasteiger partial charge in [-0.25, -0.2) is 4.98 Å². The summed E-state index contributed by atoms with van der Waals surface area (Å²) in [7, 11) is 5.21. The normalized spacial score (nSPS) is 16.0. The molecule has 2 aromatic rings. The lowest BCUT2D eigenvalue weighted by atomic mass is 9.83. The fraction of sp³-hybridized carbons (Fsp3) is 0.571. The molecule has 1 aliphatic carbocycles. The fourth-order valence-electron chi connectivity index (χ4n) is 3.86. The summed E-state index contributed by atoms with van der Waals surface area (Å²) in [6, 6.07) is 7.69. The molecule has 8 nitrogen and oxygen atoms in total. The number of H-pyrrole nitrogens is 1. The summed E-state index contributed by atoms with van der Waals surface area (Å²) < 4.78 is 10.5. The number of methoxy groups -OCH3 is 2. The van der Waals surface area contributed by atoms with E-state index in [0.29, 0.717) is 17.8 Å². The summed E-state index contributed by atoms with van der Waals surface area (Å²) in [4.78, 5) is 8.91. The second kappa shape index (κ2) is 10.2. The maximum absolute atomic E-state index is 5.32. The van der Waals surface area contributed by atoms with Crippen LogP contribution in [0.4, 0.5) is 0 Å². The molecule has 1 aromatic carbocycles. The molecule has 3 rings (SSSR count). The Morgan fingerprint density at radius 2 is 1.93 bits per heavy atom. The molecule has 0 spiro atoms. The highest BCUT2D eigenvalue weighted by Crippen LogP contribution is 2.40. The number of hydrogen-bond donors (Lipinski definition) is 3. The van der Waals surface area contributed by atoms with E-state index in [0.717, 1.165) is 42.7 Å². The number of nitrogens with one attached hydrogen (secondary N) is 3. The van der Waals surface area contributed by atoms with Crippen LogP contribution in [-0.4, -0.2) is 55.6 Å². The molecule has 0 unspecified atom stereocenters. The number of aromatic amines is 1. The fourth-order valence-corrected chi connectivity index (χ4v) is 3.86. The van der Waals surface area contributed by atoms with Gasteiger partial charge in [0, 0.05) is 32.9 Å². The van der Waals surface area contributed by atoms with Crippen molar-refractivity contribution in [3.63, 3.8) is 0 Å². The van der Waals surface area contributed by atoms with Crippen LogP contribution in [0.5, 0.6) is 5.75 Å². The average Bonchev–Trinajstić information content (AvgIpc) is 3.43. The van der Waals surface area contributed by atoms with Crippen molar-refractivity contribution < 1.29 is 9.47 Å². The van der Waals surface area contributed by atoms with E-state index in [2.05, 4.69) is 30.8 Å². The van der Waals surface area contributed by atoms with Gasteiger partial charge in [-0.15, -0.1) is 0 Å². The van der Waals surface area contributed by atoms with Crippen LogP contribution in [-0.2, 0) is 11.3 Å². The Morgan fingerprint density at radius 1 is 1.17 bits per heavy atom. The quantitative estimate of drug-likeness (QED) is 0.442. The monoisotopic (exact) mass is 400 g/mol. The number of aliphatic imine (C=N–C) groups is 1. The topological polar surface area (TPSA) is 96.5 Å². The second-order valence-electron chi connectivity index (χ2n) is 7.56. The number of hydrogen-bond acceptors (Lipinski definition) is 5. The molecule has 1 aromatic heterocycles. The van der Waals surface area contributed by atoms with E-state index < -0.39 is 0 Å². The molecule has 158 valence electrons. The molecule has 0 amide bonds. The van der Waals surface area contributed by atoms with Crippen LogP contribution >= 0.6 is 0 Å². The number of nitrogens with zero attached hydrogens (tertiary/aromatic N) is 3. The predicted molar refractivity (Wildman–Crippen MR) is 114 cm³/mol. The number of rotatable bonds is 9. The highest BCUT2D eigenvalue weighted by Gasteiger charge is 2.33. The zero-order chi connectivity index (χ0) is 20.5. The van der Waals surface area contributed by atoms with Gasteiger partial charge in [0.05, 0.1) is 13.7 Å². The summed E-state index contributed by atoms with van der Waals surface area (Å²) in [5.41, 5.74) is 1.25. The van der Waals surface area contributed by atoms with Gasteiger partial charge in [-0.3, -0.25) is 10.1 Å². The molecule has 8 heteroatoms. The van der Waals surface area contributed by atoms with Crippen LogP contribution in [0.3, 0.4) is 0 Å². The predicted octanol–water partition coefficient (Wildman–Crippen LogP) is 2.74. The maximum atomic E-state index is 5.32. The van der Waals surface area contributed by atoms with Crippen LogP contribution in [0.25, 0.3) is 11.4 Å². The van der Waals surface area contributed by atoms with Crippen LogP contribution in [0.2, 0.25) is 0 Å². The highest BCUT2D eigenvalue weighted by molar-refractivity contribution is 5.79. The van der Waals surface area contributed by atoms with Crippen molar-refractivity contribution in [1.29, 1.82) is 0 Å². The minimum Gasteiger partial charge on any atom is -0.497 e. The first-order valence-corrected chi connectivity index (χ1v) is 10.2. The highest BCUT2D eigenvalue weighted by atomic mass is 16.5. The lowest BCUT2D eigenvalue weighted by molar-refractivity contribution is 0.138. The van der Waals surface area contributed by atoms with Crippen molar-refractivity contribution in [2.75, 3.05) is 34.4 Å². The van der Waals surface area contributed by atoms with Crippen molar-refractivity contribution in [2.45, 2.75) is 38.6 Å². The van der Waals surface area contributed by atoms with Crippen molar-refractivity contribution in [3.8, 4) is 17.1 Å². The van der Waals surface area contributed by atoms with Gasteiger partial charge in [-0.1, -0.05) is 12.8 Å². The van der Waals surface area contributed by atoms with Crippen molar-refractivity contribution in [2.24, 2.45) is 10.4 Å². The number of ether oxygens (including phenoxy) is 2. The first kappa shape index (κ1) is 21.1. The Morgan fingerprint density at radius 3 is 2.59 bits per heavy atom. The standard InChI is InChI=1S/C21H32N6O2/c1-22-20(24-15-21(12-13-28-2)10-4-5-11-21)23-14-18-25-19(27-26-18)16-6-8-17(29-3)9-7-16/h6-9H,4-5,10-15H2,1-3H3,(H2,22,23,24)(H,25,26,27). The summed E-state index contributed by atoms with van der Waals surface area (Å²) in [6.45, 7) is 2.23. The molecular weight excluding hydrogens is 368 g/mol. The lowest BCUT2D eigenvalue weighted by Gasteiger charge is -2.29. The van der Waals surface area contributed by atoms with E-state index in [1.165, 1.54) is 25.7 Å². The number of aromatic nitrogens is 3. The van der Waals surface area contributed by atoms with Crippen LogP contribution < -0.4 is 15.4 Å². The van der Waals surface area contributed by atoms with Gasteiger partial charge in [-0.2, -0.15) is 5.10 Å². The van der Waals surface area contributed by atoms with E-state index in [1.54, 1.807) is 21.3 Å². The molecule has 0 atom stereocenters. The minimum absolute atomic E-state index is 0.307. The van der Waals surface area contributed by atoms with Gasteiger partial charge >= 0.3 is 0 Å². The van der Waals surface area contributed by atoms with Gasteiger partial charge in [0.1, 0.15) is 11.6 Å². The molecular formula is C21H32N6O2. The van der Waals surface area contributed by atoms with Crippen LogP contribution in [0.15, 0.2) is 29.3 Å². The Hall–Kier alpha value is -2.61. The third kappa shape index (κ3) is 5.69. The lowest BCUT2D eigenvalue weighted by Crippen LogP contribution is -2.43. The van der Waals surface area contributed by atoms with Gasteiger partial charge < -0.3 is 20.1 Å². The Balaban J connectivity index is 1.52. The van der Waals surface area contributed by atoms with Crippen LogP contribution in [0, 0.1) is 5.41 Å². The van der Waals surface area contributed by atoms with E-state index >= 15 is 0 Å². The average molecular weight is 401 g/mol. The molecule has 0 aliphatic heterocycles. The largest absolute Gasteiger partial charge is 0.497 e. The number of guanidine groups is 1. The Labute approximate surface area is 172 Å². The zero-order valence-electron chi connectivity index (χ0n) is 17.6. The minimum atomic E-state index is 0.307. The molecule has 0 radical (unpaired) electrons. The van der Waals surface area contributed by atoms with Gasteiger partial charge in [0.15, 0.2) is 11.8 Å². The van der Waals surface area contributed by atoms with E-state index in [9.17, 15) is 0 Å². The molecule has 0 bridgehead atoms. The third-order valence-corrected chi connectivity index (χ3v) is 5.66. The molecule has 0 saturated heterocycles. The molecule has 1 fully saturated rings. The molecule has 29 heavy (non-hydrogen) atoms. The summed E-state index contributed by atoms with van der Waals surface area (Å²) in [5.74, 6) is 3.01. The second-order valence-corrected chi connectivity index (χ2v) is 7.56. The first-order chi connectivity index (χ1) is 14.2. The molecule has 3 N–H and O–H groups in total. The van der Waals surface area contributed by atoms with Gasteiger partial charge in [0.25, 0.3) is 0 Å². The summed E-state index contributed by atoms with van der Waals surface area (Å²) >= 11 is 0. The summed E-state index contributed by atoms with van der Waals surface area (Å²) in [5, 5.41) is 14.1. The van der Waals surface area contributed by atoms with E-state index in [4.69, 9.17) is 9.47 Å². The van der Waals surface area contributed by atoms with Crippen molar-refractivity contribution in [1.82, 2.24) is 25.8 Å². The smallest absolute Gasteiger partial charge is 0.191 e. The van der Waals surface area contributed by atoms with Crippen molar-refractivity contribution >= 4 is 5.96 Å². The van der Waals surface area contributed by atoms with E-state index in [-0.39, 0.29) is 0 Å². The molecule has 1 aliphatic rings. The maximum Gasteiger partial charge on any atom is 0.191 e. The van der Waals surface area contributed by atoms with E-state index in [1.807, 2.05) is 24.3 Å². The zero-order valence-corrected chi connectivity index (χ0v) is 17.6. The Kier molecular flexibility index (Phi) is 7.46. The van der Waals surface area contributed by atoms with Crippen LogP contribution in [0.1, 0.15) is 37.9 Å². The summed E-state index contributed by atoms with van der Waals surface area (Å²) in [6.07, 6.45) is 6.16.